The van der Waals surface area contributed by atoms with Crippen LogP contribution in [0, 0.1) is 5.82 Å². The van der Waals surface area contributed by atoms with E-state index in [2.05, 4.69) is 0 Å². The molecule has 0 saturated heterocycles. The van der Waals surface area contributed by atoms with Gasteiger partial charge in [-0.1, -0.05) is 29.3 Å². The molecule has 2 rings (SSSR count). The highest BCUT2D eigenvalue weighted by Gasteiger charge is 2.09. The normalized spacial score (nSPS) is 10.5. The SMILES string of the molecule is NCCc1ccc(Cl)cc1Oc1ccc(F)cc1Cl. The van der Waals surface area contributed by atoms with Crippen molar-refractivity contribution in [2.75, 3.05) is 6.54 Å². The quantitative estimate of drug-likeness (QED) is 0.906. The Balaban J connectivity index is 2.33. The molecule has 0 aliphatic rings. The smallest absolute Gasteiger partial charge is 0.146 e. The standard InChI is InChI=1S/C14H12Cl2FNO/c15-10-2-1-9(5-6-18)14(7-10)19-13-4-3-11(17)8-12(13)16/h1-4,7-8H,5-6,18H2. The lowest BCUT2D eigenvalue weighted by Gasteiger charge is -2.12. The van der Waals surface area contributed by atoms with E-state index in [1.807, 2.05) is 6.07 Å². The lowest BCUT2D eigenvalue weighted by molar-refractivity contribution is 0.474. The van der Waals surface area contributed by atoms with Crippen LogP contribution in [0.3, 0.4) is 0 Å². The van der Waals surface area contributed by atoms with Crippen LogP contribution in [0.15, 0.2) is 36.4 Å². The number of halogens is 3. The van der Waals surface area contributed by atoms with Gasteiger partial charge in [0.05, 0.1) is 5.02 Å². The van der Waals surface area contributed by atoms with E-state index >= 15 is 0 Å². The van der Waals surface area contributed by atoms with E-state index < -0.39 is 5.82 Å². The van der Waals surface area contributed by atoms with Crippen LogP contribution in [-0.4, -0.2) is 6.54 Å². The second kappa shape index (κ2) is 6.24. The molecule has 5 heteroatoms. The van der Waals surface area contributed by atoms with Crippen LogP contribution in [0.2, 0.25) is 10.0 Å². The van der Waals surface area contributed by atoms with Gasteiger partial charge in [0, 0.05) is 5.02 Å². The zero-order chi connectivity index (χ0) is 13.8. The minimum atomic E-state index is -0.411. The first kappa shape index (κ1) is 14.1. The maximum atomic E-state index is 13.0. The predicted molar refractivity (Wildman–Crippen MR) is 75.7 cm³/mol. The average molecular weight is 300 g/mol. The summed E-state index contributed by atoms with van der Waals surface area (Å²) < 4.78 is 18.7. The zero-order valence-electron chi connectivity index (χ0n) is 10.00. The monoisotopic (exact) mass is 299 g/mol. The van der Waals surface area contributed by atoms with Gasteiger partial charge in [0.25, 0.3) is 0 Å². The largest absolute Gasteiger partial charge is 0.455 e. The van der Waals surface area contributed by atoms with E-state index in [4.69, 9.17) is 33.7 Å². The fourth-order valence-electron chi connectivity index (χ4n) is 1.66. The summed E-state index contributed by atoms with van der Waals surface area (Å²) in [5.41, 5.74) is 6.47. The molecule has 0 aliphatic carbocycles. The lowest BCUT2D eigenvalue weighted by atomic mass is 10.1. The van der Waals surface area contributed by atoms with Gasteiger partial charge in [-0.25, -0.2) is 4.39 Å². The summed E-state index contributed by atoms with van der Waals surface area (Å²) in [5.74, 6) is 0.542. The number of benzene rings is 2. The first-order chi connectivity index (χ1) is 9.10. The number of hydrogen-bond acceptors (Lipinski definition) is 2. The van der Waals surface area contributed by atoms with E-state index in [1.165, 1.54) is 18.2 Å². The van der Waals surface area contributed by atoms with Crippen molar-refractivity contribution in [1.29, 1.82) is 0 Å². The van der Waals surface area contributed by atoms with E-state index in [0.29, 0.717) is 29.5 Å². The van der Waals surface area contributed by atoms with Gasteiger partial charge in [-0.2, -0.15) is 0 Å². The van der Waals surface area contributed by atoms with Crippen molar-refractivity contribution in [2.24, 2.45) is 5.73 Å². The number of rotatable bonds is 4. The maximum Gasteiger partial charge on any atom is 0.146 e. The number of ether oxygens (including phenoxy) is 1. The molecular formula is C14H12Cl2FNO. The van der Waals surface area contributed by atoms with Crippen LogP contribution in [0.1, 0.15) is 5.56 Å². The Morgan fingerprint density at radius 3 is 2.53 bits per heavy atom. The molecule has 0 radical (unpaired) electrons. The van der Waals surface area contributed by atoms with Crippen molar-refractivity contribution >= 4 is 23.2 Å². The van der Waals surface area contributed by atoms with Gasteiger partial charge in [0.1, 0.15) is 17.3 Å². The van der Waals surface area contributed by atoms with Crippen molar-refractivity contribution in [3.05, 3.63) is 57.8 Å². The van der Waals surface area contributed by atoms with Gasteiger partial charge in [-0.05, 0) is 48.9 Å². The summed E-state index contributed by atoms with van der Waals surface area (Å²) >= 11 is 11.9. The Labute approximate surface area is 120 Å². The highest BCUT2D eigenvalue weighted by molar-refractivity contribution is 6.32. The predicted octanol–water partition coefficient (Wildman–Crippen LogP) is 4.43. The summed E-state index contributed by atoms with van der Waals surface area (Å²) in [6.07, 6.45) is 0.658. The molecule has 0 unspecified atom stereocenters. The van der Waals surface area contributed by atoms with Crippen LogP contribution in [0.25, 0.3) is 0 Å². The van der Waals surface area contributed by atoms with Crippen LogP contribution in [-0.2, 0) is 6.42 Å². The fourth-order valence-corrected chi connectivity index (χ4v) is 2.03. The first-order valence-corrected chi connectivity index (χ1v) is 6.47. The molecule has 0 heterocycles. The van der Waals surface area contributed by atoms with E-state index in [-0.39, 0.29) is 5.02 Å². The average Bonchev–Trinajstić information content (AvgIpc) is 2.36. The molecule has 0 saturated carbocycles. The summed E-state index contributed by atoms with van der Waals surface area (Å²) in [5, 5.41) is 0.757. The molecule has 0 fully saturated rings. The Bertz CT molecular complexity index is 590. The molecule has 2 aromatic carbocycles. The molecule has 0 aromatic heterocycles. The van der Waals surface area contributed by atoms with Crippen molar-refractivity contribution < 1.29 is 9.13 Å². The second-order valence-corrected chi connectivity index (χ2v) is 4.81. The van der Waals surface area contributed by atoms with Crippen LogP contribution in [0.5, 0.6) is 11.5 Å². The molecule has 0 spiro atoms. The molecule has 0 atom stereocenters. The van der Waals surface area contributed by atoms with Gasteiger partial charge in [-0.3, -0.25) is 0 Å². The Morgan fingerprint density at radius 1 is 1.05 bits per heavy atom. The molecule has 100 valence electrons. The molecule has 0 bridgehead atoms. The number of hydrogen-bond donors (Lipinski definition) is 1. The number of nitrogens with two attached hydrogens (primary N) is 1. The van der Waals surface area contributed by atoms with Crippen molar-refractivity contribution in [1.82, 2.24) is 0 Å². The Morgan fingerprint density at radius 2 is 1.84 bits per heavy atom. The maximum absolute atomic E-state index is 13.0. The molecule has 0 amide bonds. The second-order valence-electron chi connectivity index (χ2n) is 3.97. The molecule has 19 heavy (non-hydrogen) atoms. The molecule has 2 aromatic rings. The summed E-state index contributed by atoms with van der Waals surface area (Å²) in [6, 6.07) is 9.27. The van der Waals surface area contributed by atoms with Crippen molar-refractivity contribution in [3.8, 4) is 11.5 Å². The molecular weight excluding hydrogens is 288 g/mol. The third kappa shape index (κ3) is 3.60. The lowest BCUT2D eigenvalue weighted by Crippen LogP contribution is -2.04. The van der Waals surface area contributed by atoms with Crippen LogP contribution in [0.4, 0.5) is 4.39 Å². The minimum absolute atomic E-state index is 0.207. The van der Waals surface area contributed by atoms with Crippen LogP contribution < -0.4 is 10.5 Å². The first-order valence-electron chi connectivity index (χ1n) is 5.71. The third-order valence-electron chi connectivity index (χ3n) is 2.56. The molecule has 0 aliphatic heterocycles. The van der Waals surface area contributed by atoms with Gasteiger partial charge in [0.15, 0.2) is 0 Å². The topological polar surface area (TPSA) is 35.2 Å². The van der Waals surface area contributed by atoms with Crippen molar-refractivity contribution in [2.45, 2.75) is 6.42 Å². The molecule has 2 N–H and O–H groups in total. The van der Waals surface area contributed by atoms with E-state index in [0.717, 1.165) is 5.56 Å². The Kier molecular flexibility index (Phi) is 4.64. The highest BCUT2D eigenvalue weighted by Crippen LogP contribution is 2.33. The summed E-state index contributed by atoms with van der Waals surface area (Å²) in [6.45, 7) is 0.495. The van der Waals surface area contributed by atoms with Gasteiger partial charge >= 0.3 is 0 Å². The van der Waals surface area contributed by atoms with Gasteiger partial charge in [-0.15, -0.1) is 0 Å². The van der Waals surface area contributed by atoms with Crippen LogP contribution >= 0.6 is 23.2 Å². The minimum Gasteiger partial charge on any atom is -0.455 e. The summed E-state index contributed by atoms with van der Waals surface area (Å²) in [7, 11) is 0. The fraction of sp³-hybridized carbons (Fsp3) is 0.143. The highest BCUT2D eigenvalue weighted by atomic mass is 35.5. The Hall–Kier alpha value is -1.29. The van der Waals surface area contributed by atoms with E-state index in [1.54, 1.807) is 12.1 Å². The van der Waals surface area contributed by atoms with Gasteiger partial charge < -0.3 is 10.5 Å². The van der Waals surface area contributed by atoms with Crippen molar-refractivity contribution in [3.63, 3.8) is 0 Å². The zero-order valence-corrected chi connectivity index (χ0v) is 11.5. The van der Waals surface area contributed by atoms with E-state index in [9.17, 15) is 4.39 Å². The third-order valence-corrected chi connectivity index (χ3v) is 3.09. The molecule has 2 nitrogen and oxygen atoms in total. The summed E-state index contributed by atoms with van der Waals surface area (Å²) in [4.78, 5) is 0. The van der Waals surface area contributed by atoms with Gasteiger partial charge in [0.2, 0.25) is 0 Å².